The van der Waals surface area contributed by atoms with Gasteiger partial charge in [0, 0.05) is 28.9 Å². The Labute approximate surface area is 206 Å². The van der Waals surface area contributed by atoms with Crippen molar-refractivity contribution in [1.29, 1.82) is 0 Å². The highest BCUT2D eigenvalue weighted by Crippen LogP contribution is 2.33. The van der Waals surface area contributed by atoms with Gasteiger partial charge in [-0.25, -0.2) is 14.6 Å². The van der Waals surface area contributed by atoms with E-state index in [-0.39, 0.29) is 11.4 Å². The van der Waals surface area contributed by atoms with Crippen LogP contribution in [0, 0.1) is 12.3 Å². The molecule has 2 aromatic heterocycles. The van der Waals surface area contributed by atoms with E-state index < -0.39 is 23.8 Å². The molecule has 35 heavy (non-hydrogen) atoms. The molecule has 11 heteroatoms. The maximum absolute atomic E-state index is 12.6. The molecule has 1 saturated heterocycles. The number of nitrogens with one attached hydrogen (secondary N) is 1. The van der Waals surface area contributed by atoms with Gasteiger partial charge in [-0.05, 0) is 49.4 Å². The molecule has 1 fully saturated rings. The van der Waals surface area contributed by atoms with E-state index >= 15 is 0 Å². The Morgan fingerprint density at radius 2 is 1.91 bits per heavy atom. The van der Waals surface area contributed by atoms with Gasteiger partial charge in [0.05, 0.1) is 6.04 Å². The molecule has 4 rings (SSSR count). The van der Waals surface area contributed by atoms with Crippen molar-refractivity contribution < 1.29 is 14.4 Å². The first kappa shape index (κ1) is 23.8. The van der Waals surface area contributed by atoms with Crippen LogP contribution in [-0.4, -0.2) is 43.8 Å². The average Bonchev–Trinajstić information content (AvgIpc) is 3.20. The van der Waals surface area contributed by atoms with Crippen LogP contribution in [0.5, 0.6) is 0 Å². The fourth-order valence-electron chi connectivity index (χ4n) is 4.09. The van der Waals surface area contributed by atoms with E-state index in [4.69, 9.17) is 29.6 Å². The second kappa shape index (κ2) is 9.87. The summed E-state index contributed by atoms with van der Waals surface area (Å²) in [7, 11) is 0. The number of nitrogen functional groups attached to an aromatic ring is 1. The van der Waals surface area contributed by atoms with Crippen LogP contribution >= 0.6 is 11.6 Å². The summed E-state index contributed by atoms with van der Waals surface area (Å²) in [5.41, 5.74) is 6.72. The van der Waals surface area contributed by atoms with Crippen LogP contribution in [0.2, 0.25) is 5.02 Å². The summed E-state index contributed by atoms with van der Waals surface area (Å²) in [6.07, 6.45) is 9.06. The topological polar surface area (TPSA) is 149 Å². The van der Waals surface area contributed by atoms with Crippen molar-refractivity contribution in [2.45, 2.75) is 25.3 Å². The molecular formula is C24H22ClN7O3. The van der Waals surface area contributed by atoms with Gasteiger partial charge in [0.2, 0.25) is 0 Å². The Hall–Kier alpha value is -4.36. The molecule has 1 aromatic carbocycles. The summed E-state index contributed by atoms with van der Waals surface area (Å²) in [4.78, 5) is 47.3. The van der Waals surface area contributed by atoms with Gasteiger partial charge in [-0.1, -0.05) is 23.7 Å². The van der Waals surface area contributed by atoms with Crippen LogP contribution in [0.25, 0.3) is 11.3 Å². The summed E-state index contributed by atoms with van der Waals surface area (Å²) in [5, 5.41) is 3.11. The second-order valence-corrected chi connectivity index (χ2v) is 8.38. The molecule has 1 aliphatic rings. The number of rotatable bonds is 5. The number of halogens is 1. The van der Waals surface area contributed by atoms with Crippen molar-refractivity contribution in [3.63, 3.8) is 0 Å². The molecule has 0 bridgehead atoms. The Bertz CT molecular complexity index is 1340. The molecule has 178 valence electrons. The third-order valence-electron chi connectivity index (χ3n) is 5.74. The summed E-state index contributed by atoms with van der Waals surface area (Å²) in [6.45, 7) is 0.465. The largest absolute Gasteiger partial charge is 0.364 e. The lowest BCUT2D eigenvalue weighted by molar-refractivity contribution is -0.129. The number of anilines is 1. The van der Waals surface area contributed by atoms with E-state index in [9.17, 15) is 14.4 Å². The fourth-order valence-corrected chi connectivity index (χ4v) is 4.25. The maximum Gasteiger partial charge on any atom is 0.298 e. The lowest BCUT2D eigenvalue weighted by atomic mass is 10.0. The second-order valence-electron chi connectivity index (χ2n) is 7.95. The number of nitrogens with zero attached hydrogens (tertiary/aromatic N) is 4. The first-order valence-electron chi connectivity index (χ1n) is 10.8. The van der Waals surface area contributed by atoms with E-state index in [1.807, 2.05) is 0 Å². The third kappa shape index (κ3) is 4.81. The number of carbonyl (C=O) groups excluding carboxylic acids is 3. The van der Waals surface area contributed by atoms with E-state index in [0.29, 0.717) is 40.8 Å². The summed E-state index contributed by atoms with van der Waals surface area (Å²) in [6, 6.07) is 9.05. The van der Waals surface area contributed by atoms with Crippen LogP contribution in [0.4, 0.5) is 5.82 Å². The number of likely N-dealkylation sites (tertiary alicyclic amines) is 1. The molecule has 1 aliphatic heterocycles. The standard InChI is InChI=1S/C24H22ClN7O3/c1-2-19(33)31-12-4-3-5-17(31)23-30-20(21(22(26)34)32(23)27)14-6-8-15(9-7-14)24(35)29-18-13-16(25)10-11-28-18/h1,6-11,13,17H,3-5,12,27H2,(H2,26,34)(H,28,29,35)/t17-/m0/s1. The van der Waals surface area contributed by atoms with E-state index in [0.717, 1.165) is 17.5 Å². The first-order valence-corrected chi connectivity index (χ1v) is 11.2. The average molecular weight is 492 g/mol. The van der Waals surface area contributed by atoms with Crippen molar-refractivity contribution in [3.8, 4) is 23.6 Å². The molecule has 0 spiro atoms. The van der Waals surface area contributed by atoms with Crippen molar-refractivity contribution >= 4 is 35.1 Å². The molecule has 5 N–H and O–H groups in total. The number of imidazole rings is 1. The summed E-state index contributed by atoms with van der Waals surface area (Å²) in [5.74, 6) is 7.36. The fraction of sp³-hybridized carbons (Fsp3) is 0.208. The minimum Gasteiger partial charge on any atom is -0.364 e. The zero-order valence-electron chi connectivity index (χ0n) is 18.6. The SMILES string of the molecule is C#CC(=O)N1CCCC[C@H]1c1nc(-c2ccc(C(=O)Nc3cc(Cl)ccn3)cc2)c(C(N)=O)n1N. The number of terminal acetylenes is 1. The number of aromatic nitrogens is 3. The van der Waals surface area contributed by atoms with Gasteiger partial charge >= 0.3 is 0 Å². The number of nitrogens with two attached hydrogens (primary N) is 2. The van der Waals surface area contributed by atoms with Gasteiger partial charge in [-0.3, -0.25) is 14.4 Å². The molecule has 0 unspecified atom stereocenters. The van der Waals surface area contributed by atoms with Gasteiger partial charge in [0.25, 0.3) is 17.7 Å². The highest BCUT2D eigenvalue weighted by atomic mass is 35.5. The predicted octanol–water partition coefficient (Wildman–Crippen LogP) is 2.35. The molecule has 1 atom stereocenters. The van der Waals surface area contributed by atoms with Crippen molar-refractivity contribution in [3.05, 3.63) is 64.7 Å². The van der Waals surface area contributed by atoms with Crippen LogP contribution in [-0.2, 0) is 4.79 Å². The molecule has 0 saturated carbocycles. The minimum atomic E-state index is -0.777. The number of hydrogen-bond donors (Lipinski definition) is 3. The molecule has 0 radical (unpaired) electrons. The van der Waals surface area contributed by atoms with Gasteiger partial charge in [-0.2, -0.15) is 0 Å². The number of amides is 3. The van der Waals surface area contributed by atoms with E-state index in [1.54, 1.807) is 30.3 Å². The quantitative estimate of drug-likeness (QED) is 0.368. The number of hydrogen-bond acceptors (Lipinski definition) is 6. The molecule has 3 heterocycles. The smallest absolute Gasteiger partial charge is 0.298 e. The number of carbonyl (C=O) groups is 3. The lowest BCUT2D eigenvalue weighted by Crippen LogP contribution is -2.40. The van der Waals surface area contributed by atoms with Crippen LogP contribution < -0.4 is 16.9 Å². The molecule has 10 nitrogen and oxygen atoms in total. The Balaban J connectivity index is 1.65. The molecule has 3 amide bonds. The van der Waals surface area contributed by atoms with Gasteiger partial charge in [0.15, 0.2) is 11.5 Å². The van der Waals surface area contributed by atoms with Crippen LogP contribution in [0.1, 0.15) is 52.0 Å². The highest BCUT2D eigenvalue weighted by Gasteiger charge is 2.33. The van der Waals surface area contributed by atoms with Crippen LogP contribution in [0.3, 0.4) is 0 Å². The minimum absolute atomic E-state index is 0.0148. The van der Waals surface area contributed by atoms with Crippen molar-refractivity contribution in [2.24, 2.45) is 5.73 Å². The molecule has 0 aliphatic carbocycles. The van der Waals surface area contributed by atoms with E-state index in [1.165, 1.54) is 17.2 Å². The van der Waals surface area contributed by atoms with Crippen LogP contribution in [0.15, 0.2) is 42.6 Å². The number of pyridine rings is 1. The molecular weight excluding hydrogens is 470 g/mol. The van der Waals surface area contributed by atoms with E-state index in [2.05, 4.69) is 21.2 Å². The Morgan fingerprint density at radius 3 is 2.57 bits per heavy atom. The zero-order valence-corrected chi connectivity index (χ0v) is 19.3. The zero-order chi connectivity index (χ0) is 25.1. The maximum atomic E-state index is 12.6. The Kier molecular flexibility index (Phi) is 6.71. The molecule has 3 aromatic rings. The summed E-state index contributed by atoms with van der Waals surface area (Å²) >= 11 is 5.93. The predicted molar refractivity (Wildman–Crippen MR) is 131 cm³/mol. The highest BCUT2D eigenvalue weighted by molar-refractivity contribution is 6.30. The van der Waals surface area contributed by atoms with Crippen molar-refractivity contribution in [1.82, 2.24) is 19.5 Å². The van der Waals surface area contributed by atoms with Crippen molar-refractivity contribution in [2.75, 3.05) is 17.7 Å². The first-order chi connectivity index (χ1) is 16.8. The monoisotopic (exact) mass is 491 g/mol. The number of primary amides is 1. The lowest BCUT2D eigenvalue weighted by Gasteiger charge is -2.33. The number of piperidine rings is 1. The third-order valence-corrected chi connectivity index (χ3v) is 5.98. The number of benzene rings is 1. The normalized spacial score (nSPS) is 15.3. The van der Waals surface area contributed by atoms with Gasteiger partial charge in [-0.15, -0.1) is 6.42 Å². The van der Waals surface area contributed by atoms with Gasteiger partial charge in [0.1, 0.15) is 11.5 Å². The van der Waals surface area contributed by atoms with Gasteiger partial charge < -0.3 is 21.8 Å². The Morgan fingerprint density at radius 1 is 1.17 bits per heavy atom. The summed E-state index contributed by atoms with van der Waals surface area (Å²) < 4.78 is 1.12.